The van der Waals surface area contributed by atoms with E-state index < -0.39 is 0 Å². The number of morpholine rings is 1. The van der Waals surface area contributed by atoms with Crippen LogP contribution >= 0.6 is 0 Å². The van der Waals surface area contributed by atoms with Gasteiger partial charge in [0.15, 0.2) is 0 Å². The zero-order valence-electron chi connectivity index (χ0n) is 15.8. The van der Waals surface area contributed by atoms with E-state index in [1.165, 1.54) is 6.42 Å². The van der Waals surface area contributed by atoms with Crippen molar-refractivity contribution in [2.24, 2.45) is 5.92 Å². The van der Waals surface area contributed by atoms with Gasteiger partial charge in [-0.15, -0.1) is 0 Å². The predicted octanol–water partition coefficient (Wildman–Crippen LogP) is 2.33. The average molecular weight is 345 g/mol. The van der Waals surface area contributed by atoms with Crippen molar-refractivity contribution < 1.29 is 9.53 Å². The number of carbonyl (C=O) groups excluding carboxylic acids is 1. The molecule has 2 aliphatic heterocycles. The minimum Gasteiger partial charge on any atom is -0.378 e. The summed E-state index contributed by atoms with van der Waals surface area (Å²) >= 11 is 0. The highest BCUT2D eigenvalue weighted by Crippen LogP contribution is 2.21. The molecule has 0 aromatic heterocycles. The van der Waals surface area contributed by atoms with E-state index in [-0.39, 0.29) is 5.91 Å². The first kappa shape index (κ1) is 18.2. The molecule has 1 amide bonds. The van der Waals surface area contributed by atoms with Crippen LogP contribution in [-0.2, 0) is 4.74 Å². The summed E-state index contributed by atoms with van der Waals surface area (Å²) in [6.45, 7) is 10.9. The molecule has 25 heavy (non-hydrogen) atoms. The van der Waals surface area contributed by atoms with Crippen molar-refractivity contribution >= 4 is 11.6 Å². The van der Waals surface area contributed by atoms with Gasteiger partial charge >= 0.3 is 0 Å². The maximum Gasteiger partial charge on any atom is 0.253 e. The molecular formula is C20H31N3O2. The molecule has 2 fully saturated rings. The van der Waals surface area contributed by atoms with Gasteiger partial charge in [0.1, 0.15) is 0 Å². The maximum atomic E-state index is 12.9. The first-order chi connectivity index (χ1) is 12.0. The summed E-state index contributed by atoms with van der Waals surface area (Å²) in [4.78, 5) is 19.5. The number of benzene rings is 1. The van der Waals surface area contributed by atoms with Gasteiger partial charge in [0, 0.05) is 50.5 Å². The molecule has 0 saturated carbocycles. The highest BCUT2D eigenvalue weighted by molar-refractivity contribution is 5.95. The molecule has 1 atom stereocenters. The van der Waals surface area contributed by atoms with Crippen LogP contribution in [0, 0.1) is 5.92 Å². The number of nitrogens with zero attached hydrogens (tertiary/aromatic N) is 3. The molecule has 5 nitrogen and oxygen atoms in total. The summed E-state index contributed by atoms with van der Waals surface area (Å²) in [7, 11) is 1.93. The average Bonchev–Trinajstić information content (AvgIpc) is 3.11. The minimum atomic E-state index is 0.123. The van der Waals surface area contributed by atoms with Crippen LogP contribution in [0.2, 0.25) is 0 Å². The molecule has 138 valence electrons. The molecule has 0 bridgehead atoms. The highest BCUT2D eigenvalue weighted by atomic mass is 16.5. The fourth-order valence-electron chi connectivity index (χ4n) is 3.83. The summed E-state index contributed by atoms with van der Waals surface area (Å²) in [6, 6.07) is 8.62. The summed E-state index contributed by atoms with van der Waals surface area (Å²) < 4.78 is 5.42. The number of likely N-dealkylation sites (tertiary alicyclic amines) is 1. The number of amides is 1. The molecule has 0 N–H and O–H groups in total. The van der Waals surface area contributed by atoms with Crippen LogP contribution < -0.4 is 4.90 Å². The highest BCUT2D eigenvalue weighted by Gasteiger charge is 2.26. The van der Waals surface area contributed by atoms with E-state index in [0.717, 1.165) is 57.2 Å². The van der Waals surface area contributed by atoms with Gasteiger partial charge in [-0.25, -0.2) is 0 Å². The van der Waals surface area contributed by atoms with E-state index in [0.29, 0.717) is 12.0 Å². The first-order valence-corrected chi connectivity index (χ1v) is 9.47. The number of hydrogen-bond acceptors (Lipinski definition) is 4. The van der Waals surface area contributed by atoms with Gasteiger partial charge in [0.2, 0.25) is 0 Å². The van der Waals surface area contributed by atoms with Crippen molar-refractivity contribution in [1.82, 2.24) is 9.80 Å². The summed E-state index contributed by atoms with van der Waals surface area (Å²) in [5.74, 6) is 0.705. The van der Waals surface area contributed by atoms with E-state index >= 15 is 0 Å². The van der Waals surface area contributed by atoms with Crippen molar-refractivity contribution in [2.75, 3.05) is 57.9 Å². The Balaban J connectivity index is 1.60. The van der Waals surface area contributed by atoms with Crippen molar-refractivity contribution in [3.63, 3.8) is 0 Å². The molecule has 3 rings (SSSR count). The number of hydrogen-bond donors (Lipinski definition) is 0. The van der Waals surface area contributed by atoms with Crippen molar-refractivity contribution in [3.05, 3.63) is 29.8 Å². The zero-order chi connectivity index (χ0) is 17.8. The van der Waals surface area contributed by atoms with Crippen LogP contribution in [-0.4, -0.2) is 74.7 Å². The largest absolute Gasteiger partial charge is 0.378 e. The van der Waals surface area contributed by atoms with Crippen LogP contribution in [0.1, 0.15) is 30.6 Å². The number of ether oxygens (including phenoxy) is 1. The molecule has 0 radical (unpaired) electrons. The molecule has 2 aliphatic rings. The maximum absolute atomic E-state index is 12.9. The number of rotatable bonds is 5. The van der Waals surface area contributed by atoms with Crippen molar-refractivity contribution in [3.8, 4) is 0 Å². The van der Waals surface area contributed by atoms with E-state index in [4.69, 9.17) is 4.74 Å². The van der Waals surface area contributed by atoms with Crippen LogP contribution in [0.5, 0.6) is 0 Å². The lowest BCUT2D eigenvalue weighted by Gasteiger charge is -2.29. The summed E-state index contributed by atoms with van der Waals surface area (Å²) in [5, 5.41) is 0. The molecular weight excluding hydrogens is 314 g/mol. The van der Waals surface area contributed by atoms with Crippen LogP contribution in [0.3, 0.4) is 0 Å². The molecule has 2 heterocycles. The SMILES string of the molecule is CC(C)N1CC[C@H](CN(C)C(=O)c2cccc(N3CCOCC3)c2)C1. The van der Waals surface area contributed by atoms with Crippen molar-refractivity contribution in [1.29, 1.82) is 0 Å². The normalized spacial score (nSPS) is 21.8. The Morgan fingerprint density at radius 3 is 2.72 bits per heavy atom. The van der Waals surface area contributed by atoms with Gasteiger partial charge < -0.3 is 19.4 Å². The number of anilines is 1. The Bertz CT molecular complexity index is 584. The van der Waals surface area contributed by atoms with Gasteiger partial charge in [0.05, 0.1) is 13.2 Å². The molecule has 1 aromatic carbocycles. The van der Waals surface area contributed by atoms with E-state index in [9.17, 15) is 4.79 Å². The van der Waals surface area contributed by atoms with Gasteiger partial charge in [0.25, 0.3) is 5.91 Å². The summed E-state index contributed by atoms with van der Waals surface area (Å²) in [6.07, 6.45) is 1.18. The first-order valence-electron chi connectivity index (χ1n) is 9.47. The lowest BCUT2D eigenvalue weighted by Crippen LogP contribution is -2.36. The quantitative estimate of drug-likeness (QED) is 0.821. The fourth-order valence-corrected chi connectivity index (χ4v) is 3.83. The second kappa shape index (κ2) is 8.19. The molecule has 0 unspecified atom stereocenters. The van der Waals surface area contributed by atoms with Crippen LogP contribution in [0.15, 0.2) is 24.3 Å². The Kier molecular flexibility index (Phi) is 5.97. The third-order valence-corrected chi connectivity index (χ3v) is 5.40. The van der Waals surface area contributed by atoms with Gasteiger partial charge in [-0.3, -0.25) is 4.79 Å². The Hall–Kier alpha value is -1.59. The zero-order valence-corrected chi connectivity index (χ0v) is 15.8. The molecule has 5 heteroatoms. The van der Waals surface area contributed by atoms with Gasteiger partial charge in [-0.05, 0) is 50.9 Å². The van der Waals surface area contributed by atoms with Gasteiger partial charge in [-0.1, -0.05) is 6.07 Å². The Morgan fingerprint density at radius 2 is 2.04 bits per heavy atom. The molecule has 1 aromatic rings. The van der Waals surface area contributed by atoms with Crippen LogP contribution in [0.25, 0.3) is 0 Å². The van der Waals surface area contributed by atoms with E-state index in [2.05, 4.69) is 29.7 Å². The monoisotopic (exact) mass is 345 g/mol. The van der Waals surface area contributed by atoms with Crippen LogP contribution in [0.4, 0.5) is 5.69 Å². The summed E-state index contributed by atoms with van der Waals surface area (Å²) in [5.41, 5.74) is 1.90. The number of carbonyl (C=O) groups is 1. The molecule has 0 aliphatic carbocycles. The smallest absolute Gasteiger partial charge is 0.253 e. The second-order valence-corrected chi connectivity index (χ2v) is 7.58. The van der Waals surface area contributed by atoms with Crippen molar-refractivity contribution in [2.45, 2.75) is 26.3 Å². The fraction of sp³-hybridized carbons (Fsp3) is 0.650. The lowest BCUT2D eigenvalue weighted by molar-refractivity contribution is 0.0772. The predicted molar refractivity (Wildman–Crippen MR) is 101 cm³/mol. The molecule has 2 saturated heterocycles. The Labute approximate surface area is 151 Å². The Morgan fingerprint density at radius 1 is 1.28 bits per heavy atom. The minimum absolute atomic E-state index is 0.123. The lowest BCUT2D eigenvalue weighted by atomic mass is 10.1. The topological polar surface area (TPSA) is 36.0 Å². The second-order valence-electron chi connectivity index (χ2n) is 7.58. The van der Waals surface area contributed by atoms with E-state index in [1.54, 1.807) is 0 Å². The van der Waals surface area contributed by atoms with Gasteiger partial charge in [-0.2, -0.15) is 0 Å². The standard InChI is InChI=1S/C20H31N3O2/c1-16(2)23-8-7-17(15-23)14-21(3)20(24)18-5-4-6-19(13-18)22-9-11-25-12-10-22/h4-6,13,16-17H,7-12,14-15H2,1-3H3/t17-/m1/s1. The van der Waals surface area contributed by atoms with E-state index in [1.807, 2.05) is 30.1 Å². The third kappa shape index (κ3) is 4.53. The molecule has 0 spiro atoms. The third-order valence-electron chi connectivity index (χ3n) is 5.40.